The molecule has 0 heterocycles. The molecule has 0 N–H and O–H groups in total. The number of carbonyl (C=O) groups excluding carboxylic acids is 2. The zero-order valence-corrected chi connectivity index (χ0v) is 15.8. The van der Waals surface area contributed by atoms with E-state index in [1.807, 2.05) is 13.0 Å². The van der Waals surface area contributed by atoms with Crippen molar-refractivity contribution in [3.63, 3.8) is 0 Å². The van der Waals surface area contributed by atoms with Gasteiger partial charge in [0.1, 0.15) is 6.10 Å². The zero-order chi connectivity index (χ0) is 18.1. The molecule has 2 aliphatic rings. The molecule has 0 saturated heterocycles. The second kappa shape index (κ2) is 7.08. The van der Waals surface area contributed by atoms with E-state index in [0.717, 1.165) is 17.6 Å². The number of hydrogen-bond donors (Lipinski definition) is 0. The highest BCUT2D eigenvalue weighted by Crippen LogP contribution is 2.60. The highest BCUT2D eigenvalue weighted by molar-refractivity contribution is 6.00. The highest BCUT2D eigenvalue weighted by atomic mass is 16.5. The Bertz CT molecular complexity index is 615. The summed E-state index contributed by atoms with van der Waals surface area (Å²) in [6.07, 6.45) is 7.77. The van der Waals surface area contributed by atoms with Gasteiger partial charge in [-0.1, -0.05) is 44.6 Å². The molecule has 2 rings (SSSR count). The van der Waals surface area contributed by atoms with E-state index in [9.17, 15) is 9.59 Å². The fourth-order valence-electron chi connectivity index (χ4n) is 3.64. The molecule has 0 aromatic rings. The van der Waals surface area contributed by atoms with Crippen LogP contribution in [0.1, 0.15) is 60.8 Å². The van der Waals surface area contributed by atoms with Crippen LogP contribution in [0.25, 0.3) is 0 Å². The smallest absolute Gasteiger partial charge is 0.310 e. The first-order chi connectivity index (χ1) is 11.2. The van der Waals surface area contributed by atoms with Gasteiger partial charge in [0.05, 0.1) is 12.3 Å². The molecule has 132 valence electrons. The predicted molar refractivity (Wildman–Crippen MR) is 96.4 cm³/mol. The van der Waals surface area contributed by atoms with Crippen LogP contribution in [0.5, 0.6) is 0 Å². The molecule has 0 radical (unpaired) electrons. The van der Waals surface area contributed by atoms with Crippen LogP contribution >= 0.6 is 0 Å². The fourth-order valence-corrected chi connectivity index (χ4v) is 3.64. The molecule has 0 aromatic heterocycles. The Hall–Kier alpha value is -1.64. The van der Waals surface area contributed by atoms with E-state index in [2.05, 4.69) is 46.8 Å². The van der Waals surface area contributed by atoms with Crippen LogP contribution in [0.3, 0.4) is 0 Å². The monoisotopic (exact) mass is 330 g/mol. The molecule has 0 aromatic carbocycles. The number of hydrogen-bond acceptors (Lipinski definition) is 3. The molecule has 24 heavy (non-hydrogen) atoms. The Labute approximate surface area is 145 Å². The first-order valence-electron chi connectivity index (χ1n) is 8.93. The third-order valence-corrected chi connectivity index (χ3v) is 5.33. The molecule has 0 amide bonds. The van der Waals surface area contributed by atoms with Crippen LogP contribution in [0.15, 0.2) is 34.9 Å². The second-order valence-electron chi connectivity index (χ2n) is 7.87. The summed E-state index contributed by atoms with van der Waals surface area (Å²) >= 11 is 0. The lowest BCUT2D eigenvalue weighted by molar-refractivity contribution is -0.150. The molecule has 1 fully saturated rings. The van der Waals surface area contributed by atoms with Crippen LogP contribution < -0.4 is 0 Å². The maximum absolute atomic E-state index is 12.6. The molecule has 3 atom stereocenters. The average Bonchev–Trinajstić information content (AvgIpc) is 2.90. The van der Waals surface area contributed by atoms with Crippen LogP contribution in [-0.4, -0.2) is 17.9 Å². The first kappa shape index (κ1) is 18.7. The minimum atomic E-state index is -0.376. The zero-order valence-electron chi connectivity index (χ0n) is 15.8. The van der Waals surface area contributed by atoms with Gasteiger partial charge in [0.15, 0.2) is 5.78 Å². The predicted octanol–water partition coefficient (Wildman–Crippen LogP) is 4.78. The van der Waals surface area contributed by atoms with Crippen molar-refractivity contribution in [3.8, 4) is 0 Å². The van der Waals surface area contributed by atoms with E-state index < -0.39 is 0 Å². The van der Waals surface area contributed by atoms with Crippen LogP contribution in [0.4, 0.5) is 0 Å². The Balaban J connectivity index is 2.04. The van der Waals surface area contributed by atoms with Crippen molar-refractivity contribution in [2.75, 3.05) is 0 Å². The maximum Gasteiger partial charge on any atom is 0.310 e. The van der Waals surface area contributed by atoms with Gasteiger partial charge in [-0.05, 0) is 50.5 Å². The van der Waals surface area contributed by atoms with Crippen LogP contribution in [0, 0.1) is 17.3 Å². The maximum atomic E-state index is 12.6. The quantitative estimate of drug-likeness (QED) is 0.520. The standard InChI is InChI=1S/C21H30O3/c1-7-8-9-10-15-14(4)18(12-17(15)22)24-20(23)19-16(11-13(2)3)21(19,5)6/h8-9,11,16,18-19H,7,10,12H2,1-6H3/b9-8-/t16-,18-,19+/m1/s1. The van der Waals surface area contributed by atoms with Gasteiger partial charge < -0.3 is 4.74 Å². The average molecular weight is 330 g/mol. The molecule has 0 bridgehead atoms. The van der Waals surface area contributed by atoms with Crippen LogP contribution in [-0.2, 0) is 14.3 Å². The van der Waals surface area contributed by atoms with Crippen molar-refractivity contribution in [1.82, 2.24) is 0 Å². The van der Waals surface area contributed by atoms with Crippen molar-refractivity contribution in [2.24, 2.45) is 17.3 Å². The number of carbonyl (C=O) groups is 2. The van der Waals surface area contributed by atoms with Crippen molar-refractivity contribution < 1.29 is 14.3 Å². The van der Waals surface area contributed by atoms with Crippen molar-refractivity contribution in [2.45, 2.75) is 66.9 Å². The van der Waals surface area contributed by atoms with Crippen molar-refractivity contribution >= 4 is 11.8 Å². The van der Waals surface area contributed by atoms with Gasteiger partial charge in [-0.25, -0.2) is 0 Å². The molecule has 0 aliphatic heterocycles. The second-order valence-corrected chi connectivity index (χ2v) is 7.87. The van der Waals surface area contributed by atoms with E-state index >= 15 is 0 Å². The molecular formula is C21H30O3. The van der Waals surface area contributed by atoms with Gasteiger partial charge >= 0.3 is 5.97 Å². The van der Waals surface area contributed by atoms with Gasteiger partial charge in [0, 0.05) is 5.57 Å². The lowest BCUT2D eigenvalue weighted by Crippen LogP contribution is -2.20. The van der Waals surface area contributed by atoms with Crippen LogP contribution in [0.2, 0.25) is 0 Å². The number of esters is 1. The molecule has 0 unspecified atom stereocenters. The Morgan fingerprint density at radius 2 is 1.96 bits per heavy atom. The summed E-state index contributed by atoms with van der Waals surface area (Å²) in [5.41, 5.74) is 2.90. The molecule has 3 heteroatoms. The Morgan fingerprint density at radius 3 is 2.54 bits per heavy atom. The number of ketones is 1. The van der Waals surface area contributed by atoms with E-state index in [0.29, 0.717) is 12.8 Å². The third kappa shape index (κ3) is 3.71. The minimum Gasteiger partial charge on any atom is -0.457 e. The van der Waals surface area contributed by atoms with E-state index in [1.54, 1.807) is 0 Å². The number of allylic oxidation sites excluding steroid dienone is 5. The van der Waals surface area contributed by atoms with Gasteiger partial charge in [0.2, 0.25) is 0 Å². The lowest BCUT2D eigenvalue weighted by Gasteiger charge is -2.13. The molecular weight excluding hydrogens is 300 g/mol. The summed E-state index contributed by atoms with van der Waals surface area (Å²) in [5, 5.41) is 0. The Morgan fingerprint density at radius 1 is 1.29 bits per heavy atom. The van der Waals surface area contributed by atoms with Gasteiger partial charge in [-0.15, -0.1) is 0 Å². The molecule has 1 saturated carbocycles. The van der Waals surface area contributed by atoms with Gasteiger partial charge in [-0.2, -0.15) is 0 Å². The first-order valence-corrected chi connectivity index (χ1v) is 8.93. The van der Waals surface area contributed by atoms with Gasteiger partial charge in [0.25, 0.3) is 0 Å². The summed E-state index contributed by atoms with van der Waals surface area (Å²) in [5.74, 6) is 0.0923. The third-order valence-electron chi connectivity index (χ3n) is 5.33. The lowest BCUT2D eigenvalue weighted by atomic mass is 10.1. The van der Waals surface area contributed by atoms with E-state index in [1.165, 1.54) is 5.57 Å². The molecule has 0 spiro atoms. The highest BCUT2D eigenvalue weighted by Gasteiger charge is 2.61. The summed E-state index contributed by atoms with van der Waals surface area (Å²) in [7, 11) is 0. The minimum absolute atomic E-state index is 0.0543. The summed E-state index contributed by atoms with van der Waals surface area (Å²) < 4.78 is 5.73. The normalized spacial score (nSPS) is 28.4. The SMILES string of the molecule is CC/C=C\CC1=C(C)[C@H](OC(=O)[C@@H]2[C@@H](C=C(C)C)C2(C)C)CC1=O. The summed E-state index contributed by atoms with van der Waals surface area (Å²) in [6, 6.07) is 0. The molecule has 2 aliphatic carbocycles. The van der Waals surface area contributed by atoms with E-state index in [4.69, 9.17) is 4.74 Å². The Kier molecular flexibility index (Phi) is 5.52. The summed E-state index contributed by atoms with van der Waals surface area (Å²) in [4.78, 5) is 24.8. The number of ether oxygens (including phenoxy) is 1. The number of Topliss-reactive ketones (excluding diaryl/α,β-unsaturated/α-hetero) is 1. The van der Waals surface area contributed by atoms with Crippen molar-refractivity contribution in [1.29, 1.82) is 0 Å². The number of rotatable bonds is 6. The van der Waals surface area contributed by atoms with Crippen molar-refractivity contribution in [3.05, 3.63) is 34.9 Å². The largest absolute Gasteiger partial charge is 0.457 e. The van der Waals surface area contributed by atoms with E-state index in [-0.39, 0.29) is 35.1 Å². The van der Waals surface area contributed by atoms with Gasteiger partial charge in [-0.3, -0.25) is 9.59 Å². The summed E-state index contributed by atoms with van der Waals surface area (Å²) in [6.45, 7) is 12.3. The topological polar surface area (TPSA) is 43.4 Å². The fraction of sp³-hybridized carbons (Fsp3) is 0.619. The molecule has 3 nitrogen and oxygen atoms in total.